The van der Waals surface area contributed by atoms with Gasteiger partial charge < -0.3 is 24.1 Å². The second-order valence-corrected chi connectivity index (χ2v) is 5.91. The van der Waals surface area contributed by atoms with E-state index < -0.39 is 5.97 Å². The molecule has 0 radical (unpaired) electrons. The summed E-state index contributed by atoms with van der Waals surface area (Å²) in [5, 5.41) is 11.1. The molecule has 0 fully saturated rings. The molecular formula is C19H17N3O4. The number of H-pyrrole nitrogens is 1. The molecule has 26 heavy (non-hydrogen) atoms. The zero-order valence-corrected chi connectivity index (χ0v) is 14.3. The smallest absolute Gasteiger partial charge is 0.323 e. The number of pyridine rings is 1. The number of aromatic amines is 1. The van der Waals surface area contributed by atoms with E-state index in [0.29, 0.717) is 11.5 Å². The summed E-state index contributed by atoms with van der Waals surface area (Å²) in [5.41, 5.74) is 3.27. The fourth-order valence-electron chi connectivity index (χ4n) is 3.21. The number of hydrogen-bond acceptors (Lipinski definition) is 4. The summed E-state index contributed by atoms with van der Waals surface area (Å²) < 4.78 is 12.5. The zero-order valence-electron chi connectivity index (χ0n) is 14.3. The van der Waals surface area contributed by atoms with Crippen LogP contribution in [0.2, 0.25) is 0 Å². The van der Waals surface area contributed by atoms with Crippen LogP contribution in [-0.2, 0) is 11.3 Å². The van der Waals surface area contributed by atoms with Crippen molar-refractivity contribution in [3.05, 3.63) is 42.7 Å². The third-order valence-electron chi connectivity index (χ3n) is 4.37. The minimum absolute atomic E-state index is 0.148. The van der Waals surface area contributed by atoms with Crippen LogP contribution >= 0.6 is 0 Å². The van der Waals surface area contributed by atoms with Gasteiger partial charge in [-0.3, -0.25) is 4.79 Å². The second-order valence-electron chi connectivity index (χ2n) is 5.91. The molecule has 0 unspecified atom stereocenters. The molecule has 3 aromatic heterocycles. The van der Waals surface area contributed by atoms with Gasteiger partial charge in [-0.2, -0.15) is 0 Å². The van der Waals surface area contributed by atoms with Crippen molar-refractivity contribution >= 4 is 27.9 Å². The monoisotopic (exact) mass is 351 g/mol. The van der Waals surface area contributed by atoms with E-state index in [9.17, 15) is 9.90 Å². The van der Waals surface area contributed by atoms with Crippen molar-refractivity contribution in [3.63, 3.8) is 0 Å². The van der Waals surface area contributed by atoms with Gasteiger partial charge in [0.1, 0.15) is 12.2 Å². The summed E-state index contributed by atoms with van der Waals surface area (Å²) in [5.74, 6) is 0.222. The highest BCUT2D eigenvalue weighted by molar-refractivity contribution is 5.99. The molecule has 0 saturated carbocycles. The van der Waals surface area contributed by atoms with Gasteiger partial charge in [0, 0.05) is 40.5 Å². The zero-order chi connectivity index (χ0) is 18.3. The third-order valence-corrected chi connectivity index (χ3v) is 4.37. The van der Waals surface area contributed by atoms with Gasteiger partial charge >= 0.3 is 5.97 Å². The van der Waals surface area contributed by atoms with Crippen molar-refractivity contribution in [1.82, 2.24) is 14.5 Å². The molecule has 7 nitrogen and oxygen atoms in total. The van der Waals surface area contributed by atoms with Gasteiger partial charge in [0.2, 0.25) is 0 Å². The number of carboxylic acid groups (broad SMARTS) is 1. The number of carboxylic acids is 1. The molecule has 0 aliphatic heterocycles. The molecule has 0 aliphatic carbocycles. The Bertz CT molecular complexity index is 1090. The summed E-state index contributed by atoms with van der Waals surface area (Å²) in [6.07, 6.45) is 3.55. The van der Waals surface area contributed by atoms with Crippen molar-refractivity contribution in [1.29, 1.82) is 0 Å². The van der Waals surface area contributed by atoms with Crippen LogP contribution in [0.4, 0.5) is 0 Å². The fourth-order valence-corrected chi connectivity index (χ4v) is 3.21. The van der Waals surface area contributed by atoms with Gasteiger partial charge in [-0.05, 0) is 24.3 Å². The molecule has 4 aromatic rings. The Hall–Kier alpha value is -3.48. The van der Waals surface area contributed by atoms with Crippen molar-refractivity contribution in [2.75, 3.05) is 14.2 Å². The molecule has 0 aliphatic rings. The topological polar surface area (TPSA) is 89.4 Å². The number of rotatable bonds is 5. The maximum atomic E-state index is 11.3. The molecule has 4 rings (SSSR count). The van der Waals surface area contributed by atoms with Gasteiger partial charge in [-0.25, -0.2) is 4.98 Å². The van der Waals surface area contributed by atoms with E-state index >= 15 is 0 Å². The summed E-state index contributed by atoms with van der Waals surface area (Å²) in [6.45, 7) is -0.148. The first-order valence-electron chi connectivity index (χ1n) is 8.01. The third kappa shape index (κ3) is 2.54. The Morgan fingerprint density at radius 3 is 2.69 bits per heavy atom. The molecule has 0 bridgehead atoms. The van der Waals surface area contributed by atoms with Crippen molar-refractivity contribution in [2.45, 2.75) is 6.54 Å². The number of carbonyl (C=O) groups is 1. The summed E-state index contributed by atoms with van der Waals surface area (Å²) >= 11 is 0. The average Bonchev–Trinajstić information content (AvgIpc) is 3.21. The highest BCUT2D eigenvalue weighted by Gasteiger charge is 2.17. The molecular weight excluding hydrogens is 334 g/mol. The van der Waals surface area contributed by atoms with Crippen LogP contribution in [0.25, 0.3) is 33.2 Å². The Balaban J connectivity index is 1.99. The maximum Gasteiger partial charge on any atom is 0.323 e. The highest BCUT2D eigenvalue weighted by atomic mass is 16.5. The van der Waals surface area contributed by atoms with Crippen LogP contribution in [0.3, 0.4) is 0 Å². The number of fused-ring (bicyclic) bond motifs is 2. The fraction of sp³-hybridized carbons (Fsp3) is 0.158. The number of ether oxygens (including phenoxy) is 2. The number of aromatic nitrogens is 3. The number of hydrogen-bond donors (Lipinski definition) is 2. The number of nitrogens with one attached hydrogen (secondary N) is 1. The molecule has 2 N–H and O–H groups in total. The van der Waals surface area contributed by atoms with Crippen LogP contribution < -0.4 is 9.47 Å². The predicted octanol–water partition coefficient (Wildman–Crippen LogP) is 3.29. The minimum Gasteiger partial charge on any atom is -0.493 e. The van der Waals surface area contributed by atoms with Gasteiger partial charge in [0.05, 0.1) is 19.7 Å². The molecule has 0 saturated heterocycles. The first-order chi connectivity index (χ1) is 12.6. The lowest BCUT2D eigenvalue weighted by molar-refractivity contribution is -0.137. The Morgan fingerprint density at radius 1 is 1.23 bits per heavy atom. The van der Waals surface area contributed by atoms with E-state index in [1.54, 1.807) is 31.0 Å². The van der Waals surface area contributed by atoms with Crippen molar-refractivity contribution in [2.24, 2.45) is 0 Å². The van der Waals surface area contributed by atoms with Crippen molar-refractivity contribution in [3.8, 4) is 22.8 Å². The van der Waals surface area contributed by atoms with E-state index in [1.807, 2.05) is 30.5 Å². The average molecular weight is 351 g/mol. The summed E-state index contributed by atoms with van der Waals surface area (Å²) in [7, 11) is 3.13. The Kier molecular flexibility index (Phi) is 3.76. The normalized spacial score (nSPS) is 11.2. The molecule has 1 aromatic carbocycles. The van der Waals surface area contributed by atoms with E-state index in [-0.39, 0.29) is 6.54 Å². The van der Waals surface area contributed by atoms with E-state index in [2.05, 4.69) is 9.97 Å². The molecule has 0 spiro atoms. The molecule has 132 valence electrons. The largest absolute Gasteiger partial charge is 0.493 e. The SMILES string of the molecule is COc1cc2c(-c3cc4cccnc4[nH]3)cn(CC(=O)O)c2cc1OC. The van der Waals surface area contributed by atoms with Crippen LogP contribution in [0.1, 0.15) is 0 Å². The van der Waals surface area contributed by atoms with Gasteiger partial charge in [0.25, 0.3) is 0 Å². The predicted molar refractivity (Wildman–Crippen MR) is 97.8 cm³/mol. The Morgan fingerprint density at radius 2 is 2.00 bits per heavy atom. The number of benzene rings is 1. The molecule has 0 amide bonds. The lowest BCUT2D eigenvalue weighted by Gasteiger charge is -2.09. The standard InChI is InChI=1S/C19H17N3O4/c1-25-16-7-12-13(14-6-11-4-3-5-20-19(11)21-14)9-22(10-18(23)24)15(12)8-17(16)26-2/h3-9H,10H2,1-2H3,(H,20,21)(H,23,24). The van der Waals surface area contributed by atoms with Crippen molar-refractivity contribution < 1.29 is 19.4 Å². The second kappa shape index (κ2) is 6.11. The lowest BCUT2D eigenvalue weighted by Crippen LogP contribution is -2.07. The van der Waals surface area contributed by atoms with Gasteiger partial charge in [0.15, 0.2) is 11.5 Å². The number of aliphatic carboxylic acids is 1. The molecule has 7 heteroatoms. The number of nitrogens with zero attached hydrogens (tertiary/aromatic N) is 2. The van der Waals surface area contributed by atoms with Gasteiger partial charge in [-0.1, -0.05) is 0 Å². The minimum atomic E-state index is -0.915. The summed E-state index contributed by atoms with van der Waals surface area (Å²) in [6, 6.07) is 9.51. The molecule has 0 atom stereocenters. The number of methoxy groups -OCH3 is 2. The molecule has 3 heterocycles. The quantitative estimate of drug-likeness (QED) is 0.576. The van der Waals surface area contributed by atoms with Gasteiger partial charge in [-0.15, -0.1) is 0 Å². The lowest BCUT2D eigenvalue weighted by atomic mass is 10.1. The van der Waals surface area contributed by atoms with E-state index in [0.717, 1.165) is 33.2 Å². The maximum absolute atomic E-state index is 11.3. The van der Waals surface area contributed by atoms with E-state index in [1.165, 1.54) is 0 Å². The first-order valence-corrected chi connectivity index (χ1v) is 8.01. The van der Waals surface area contributed by atoms with Crippen LogP contribution in [0.5, 0.6) is 11.5 Å². The van der Waals surface area contributed by atoms with Crippen LogP contribution in [0, 0.1) is 0 Å². The van der Waals surface area contributed by atoms with Crippen LogP contribution in [0.15, 0.2) is 42.7 Å². The first kappa shape index (κ1) is 16.0. The van der Waals surface area contributed by atoms with E-state index in [4.69, 9.17) is 9.47 Å². The van der Waals surface area contributed by atoms with Crippen LogP contribution in [-0.4, -0.2) is 39.8 Å². The summed E-state index contributed by atoms with van der Waals surface area (Å²) in [4.78, 5) is 18.9. The highest BCUT2D eigenvalue weighted by Crippen LogP contribution is 2.38. The Labute approximate surface area is 148 Å².